The molecule has 0 saturated carbocycles. The third-order valence-corrected chi connectivity index (χ3v) is 9.82. The summed E-state index contributed by atoms with van der Waals surface area (Å²) in [4.78, 5) is 34.8. The minimum absolute atomic E-state index is 0.0524. The summed E-state index contributed by atoms with van der Waals surface area (Å²) in [5.41, 5.74) is 5.34. The van der Waals surface area contributed by atoms with Gasteiger partial charge in [-0.25, -0.2) is 4.57 Å². The van der Waals surface area contributed by atoms with Crippen molar-refractivity contribution >= 4 is 19.8 Å². The Balaban J connectivity index is 4.17. The Hall–Kier alpha value is -1.51. The molecule has 0 aromatic carbocycles. The fraction of sp³-hybridized carbons (Fsp3) is 0.854. The van der Waals surface area contributed by atoms with E-state index in [1.54, 1.807) is 0 Å². The van der Waals surface area contributed by atoms with Gasteiger partial charge in [0.15, 0.2) is 6.10 Å². The van der Waals surface area contributed by atoms with Gasteiger partial charge in [0, 0.05) is 19.4 Å². The fourth-order valence-corrected chi connectivity index (χ4v) is 6.47. The number of nitrogens with two attached hydrogens (primary N) is 1. The van der Waals surface area contributed by atoms with Crippen molar-refractivity contribution in [2.75, 3.05) is 26.4 Å². The van der Waals surface area contributed by atoms with E-state index in [-0.39, 0.29) is 38.6 Å². The molecule has 0 aromatic rings. The molecule has 0 aliphatic heterocycles. The second-order valence-electron chi connectivity index (χ2n) is 13.9. The number of carbonyl (C=O) groups is 2. The molecular weight excluding hydrogens is 665 g/mol. The predicted octanol–water partition coefficient (Wildman–Crippen LogP) is 11.6. The highest BCUT2D eigenvalue weighted by molar-refractivity contribution is 7.47. The van der Waals surface area contributed by atoms with E-state index in [0.717, 1.165) is 64.2 Å². The van der Waals surface area contributed by atoms with E-state index < -0.39 is 26.5 Å². The Morgan fingerprint density at radius 1 is 0.588 bits per heavy atom. The van der Waals surface area contributed by atoms with Crippen LogP contribution in [0.1, 0.15) is 194 Å². The SMILES string of the molecule is CCCC/C=C/C/C=C/CCCCCCCC(=O)O[C@H](COC(=O)CCCCCCCCCCCCCCCCCC)COP(=O)(O)OCCN. The Bertz CT molecular complexity index is 897. The van der Waals surface area contributed by atoms with Crippen LogP contribution in [-0.2, 0) is 32.7 Å². The van der Waals surface area contributed by atoms with Gasteiger partial charge in [-0.3, -0.25) is 18.6 Å². The minimum atomic E-state index is -4.37. The average molecular weight is 744 g/mol. The van der Waals surface area contributed by atoms with Crippen LogP contribution in [0, 0.1) is 0 Å². The van der Waals surface area contributed by atoms with E-state index in [4.69, 9.17) is 24.3 Å². The summed E-state index contributed by atoms with van der Waals surface area (Å²) in [5.74, 6) is -0.839. The smallest absolute Gasteiger partial charge is 0.462 e. The van der Waals surface area contributed by atoms with Crippen molar-refractivity contribution in [1.29, 1.82) is 0 Å². The molecule has 0 heterocycles. The number of rotatable bonds is 39. The number of ether oxygens (including phenoxy) is 2. The molecule has 300 valence electrons. The Kier molecular flexibility index (Phi) is 37.1. The summed E-state index contributed by atoms with van der Waals surface area (Å²) in [6.07, 6.45) is 39.2. The normalized spacial score (nSPS) is 13.6. The van der Waals surface area contributed by atoms with Crippen molar-refractivity contribution in [2.45, 2.75) is 200 Å². The quantitative estimate of drug-likeness (QED) is 0.0273. The highest BCUT2D eigenvalue weighted by Crippen LogP contribution is 2.43. The van der Waals surface area contributed by atoms with Crippen LogP contribution in [0.15, 0.2) is 24.3 Å². The minimum Gasteiger partial charge on any atom is -0.462 e. The van der Waals surface area contributed by atoms with Gasteiger partial charge in [0.05, 0.1) is 13.2 Å². The van der Waals surface area contributed by atoms with E-state index >= 15 is 0 Å². The van der Waals surface area contributed by atoms with Crippen LogP contribution in [0.2, 0.25) is 0 Å². The van der Waals surface area contributed by atoms with Crippen LogP contribution in [-0.4, -0.2) is 49.3 Å². The van der Waals surface area contributed by atoms with Crippen molar-refractivity contribution < 1.29 is 37.6 Å². The van der Waals surface area contributed by atoms with Gasteiger partial charge in [-0.15, -0.1) is 0 Å². The van der Waals surface area contributed by atoms with Gasteiger partial charge in [0.1, 0.15) is 6.61 Å². The first-order valence-corrected chi connectivity index (χ1v) is 22.3. The molecule has 0 bridgehead atoms. The largest absolute Gasteiger partial charge is 0.472 e. The topological polar surface area (TPSA) is 134 Å². The van der Waals surface area contributed by atoms with Crippen molar-refractivity contribution in [3.8, 4) is 0 Å². The van der Waals surface area contributed by atoms with Gasteiger partial charge >= 0.3 is 19.8 Å². The molecule has 2 atom stereocenters. The molecule has 0 aliphatic rings. The second kappa shape index (κ2) is 38.2. The van der Waals surface area contributed by atoms with E-state index in [1.807, 2.05) is 0 Å². The lowest BCUT2D eigenvalue weighted by Gasteiger charge is -2.19. The lowest BCUT2D eigenvalue weighted by molar-refractivity contribution is -0.161. The van der Waals surface area contributed by atoms with Crippen LogP contribution < -0.4 is 5.73 Å². The Labute approximate surface area is 312 Å². The standard InChI is InChI=1S/C41H78NO8P/c1-3-5-7-9-11-13-15-17-19-20-22-23-25-27-29-31-33-40(43)47-37-39(38-49-51(45,46)48-36-35-42)50-41(44)34-32-30-28-26-24-21-18-16-14-12-10-8-6-4-2/h10,12,16,18,39H,3-9,11,13-15,17,19-38,42H2,1-2H3,(H,45,46)/b12-10+,18-16+/t39-/m1/s1. The third kappa shape index (κ3) is 38.0. The van der Waals surface area contributed by atoms with Crippen LogP contribution in [0.3, 0.4) is 0 Å². The zero-order valence-corrected chi connectivity index (χ0v) is 33.7. The number of phosphoric ester groups is 1. The summed E-state index contributed by atoms with van der Waals surface area (Å²) in [6, 6.07) is 0. The second-order valence-corrected chi connectivity index (χ2v) is 15.3. The molecule has 0 spiro atoms. The molecule has 0 saturated heterocycles. The summed E-state index contributed by atoms with van der Waals surface area (Å²) in [5, 5.41) is 0. The fourth-order valence-electron chi connectivity index (χ4n) is 5.71. The van der Waals surface area contributed by atoms with Gasteiger partial charge in [-0.1, -0.05) is 167 Å². The lowest BCUT2D eigenvalue weighted by atomic mass is 10.0. The molecule has 0 fully saturated rings. The maximum absolute atomic E-state index is 12.5. The number of hydrogen-bond acceptors (Lipinski definition) is 8. The van der Waals surface area contributed by atoms with E-state index in [9.17, 15) is 19.0 Å². The highest BCUT2D eigenvalue weighted by Gasteiger charge is 2.26. The number of phosphoric acid groups is 1. The summed E-state index contributed by atoms with van der Waals surface area (Å²) in [7, 11) is -4.37. The van der Waals surface area contributed by atoms with Gasteiger partial charge < -0.3 is 20.1 Å². The van der Waals surface area contributed by atoms with Gasteiger partial charge in [-0.05, 0) is 38.5 Å². The first-order chi connectivity index (χ1) is 24.8. The maximum atomic E-state index is 12.5. The molecule has 10 heteroatoms. The number of hydrogen-bond donors (Lipinski definition) is 2. The van der Waals surface area contributed by atoms with Crippen molar-refractivity contribution in [1.82, 2.24) is 0 Å². The monoisotopic (exact) mass is 744 g/mol. The van der Waals surface area contributed by atoms with Crippen LogP contribution in [0.25, 0.3) is 0 Å². The average Bonchev–Trinajstić information content (AvgIpc) is 3.11. The van der Waals surface area contributed by atoms with E-state index in [0.29, 0.717) is 6.42 Å². The first kappa shape index (κ1) is 49.5. The maximum Gasteiger partial charge on any atom is 0.472 e. The van der Waals surface area contributed by atoms with Gasteiger partial charge in [0.25, 0.3) is 0 Å². The molecule has 9 nitrogen and oxygen atoms in total. The zero-order chi connectivity index (χ0) is 37.5. The lowest BCUT2D eigenvalue weighted by Crippen LogP contribution is -2.29. The molecule has 0 aliphatic carbocycles. The zero-order valence-electron chi connectivity index (χ0n) is 32.8. The summed E-state index contributed by atoms with van der Waals surface area (Å²) < 4.78 is 32.7. The molecule has 0 aromatic heterocycles. The Morgan fingerprint density at radius 2 is 1.04 bits per heavy atom. The number of carbonyl (C=O) groups excluding carboxylic acids is 2. The van der Waals surface area contributed by atoms with Crippen LogP contribution >= 0.6 is 7.82 Å². The molecule has 51 heavy (non-hydrogen) atoms. The predicted molar refractivity (Wildman–Crippen MR) is 211 cm³/mol. The van der Waals surface area contributed by atoms with Gasteiger partial charge in [0.2, 0.25) is 0 Å². The molecular formula is C41H78NO8P. The van der Waals surface area contributed by atoms with Gasteiger partial charge in [-0.2, -0.15) is 0 Å². The summed E-state index contributed by atoms with van der Waals surface area (Å²) >= 11 is 0. The summed E-state index contributed by atoms with van der Waals surface area (Å²) in [6.45, 7) is 3.69. The molecule has 3 N–H and O–H groups in total. The van der Waals surface area contributed by atoms with E-state index in [1.165, 1.54) is 96.3 Å². The first-order valence-electron chi connectivity index (χ1n) is 20.8. The molecule has 1 unspecified atom stereocenters. The highest BCUT2D eigenvalue weighted by atomic mass is 31.2. The van der Waals surface area contributed by atoms with E-state index in [2.05, 4.69) is 38.2 Å². The van der Waals surface area contributed by atoms with Crippen molar-refractivity contribution in [3.63, 3.8) is 0 Å². The number of allylic oxidation sites excluding steroid dienone is 4. The number of unbranched alkanes of at least 4 members (excludes halogenated alkanes) is 22. The molecule has 0 rings (SSSR count). The van der Waals surface area contributed by atoms with Crippen molar-refractivity contribution in [2.24, 2.45) is 5.73 Å². The molecule has 0 amide bonds. The third-order valence-electron chi connectivity index (χ3n) is 8.84. The van der Waals surface area contributed by atoms with Crippen molar-refractivity contribution in [3.05, 3.63) is 24.3 Å². The van der Waals surface area contributed by atoms with Crippen LogP contribution in [0.5, 0.6) is 0 Å². The Morgan fingerprint density at radius 3 is 1.55 bits per heavy atom. The van der Waals surface area contributed by atoms with Crippen LogP contribution in [0.4, 0.5) is 0 Å². The molecule has 0 radical (unpaired) electrons. The number of esters is 2.